The second kappa shape index (κ2) is 20.8. The Balaban J connectivity index is 0.00000675. The fourth-order valence-corrected chi connectivity index (χ4v) is 16.6. The molecule has 4 nitrogen and oxygen atoms in total. The third-order valence-corrected chi connectivity index (χ3v) is 21.2. The van der Waals surface area contributed by atoms with Gasteiger partial charge in [-0.2, -0.15) is 52.8 Å². The van der Waals surface area contributed by atoms with E-state index in [0.717, 1.165) is 60.7 Å². The van der Waals surface area contributed by atoms with Crippen molar-refractivity contribution in [2.45, 2.75) is 90.9 Å². The van der Waals surface area contributed by atoms with Crippen molar-refractivity contribution in [3.05, 3.63) is 283 Å². The van der Waals surface area contributed by atoms with Crippen molar-refractivity contribution in [1.29, 1.82) is 0 Å². The Labute approximate surface area is 490 Å². The Morgan fingerprint density at radius 1 is 0.412 bits per heavy atom. The normalized spacial score (nSPS) is 13.2. The first kappa shape index (κ1) is 54.4. The second-order valence-electron chi connectivity index (χ2n) is 24.8. The number of pyridine rings is 1. The number of benzene rings is 9. The number of nitrogens with zero attached hydrogens (tertiary/aromatic N) is 4. The third-order valence-electron chi connectivity index (χ3n) is 16.6. The van der Waals surface area contributed by atoms with Crippen LogP contribution < -0.4 is 30.5 Å². The molecule has 0 atom stereocenters. The van der Waals surface area contributed by atoms with Crippen molar-refractivity contribution in [3.63, 3.8) is 0 Å². The van der Waals surface area contributed by atoms with Crippen molar-refractivity contribution in [2.24, 2.45) is 0 Å². The molecule has 80 heavy (non-hydrogen) atoms. The average Bonchev–Trinajstić information content (AvgIpc) is 3.05. The largest absolute Gasteiger partial charge is 0.493 e. The van der Waals surface area contributed by atoms with Gasteiger partial charge in [-0.15, -0.1) is 17.7 Å². The monoisotopic (exact) mass is 1240 g/mol. The summed E-state index contributed by atoms with van der Waals surface area (Å²) >= 11 is 0. The Morgan fingerprint density at radius 2 is 0.938 bits per heavy atom. The molecule has 0 saturated heterocycles. The maximum absolute atomic E-state index is 5.20. The molecule has 0 fully saturated rings. The van der Waals surface area contributed by atoms with Gasteiger partial charge >= 0.3 is 0 Å². The van der Waals surface area contributed by atoms with Crippen LogP contribution in [0.3, 0.4) is 0 Å². The molecule has 0 aliphatic carbocycles. The van der Waals surface area contributed by atoms with Crippen molar-refractivity contribution in [2.75, 3.05) is 9.80 Å². The molecule has 402 valence electrons. The standard InChI is InChI=1S/C74H69N4Si.Pt/c1-71(2,3)54-42-43-75-70(48-54)78-66-41-38-55(74(10,52-26-15-11-16-27-52)53-28-17-12-18-29-53)47-65(66)64-40-39-63(50-69(64)78)79(60-31-19-13-20-32-60,61-33-21-14-22-34-61)62-35-25-30-58(49-62)76-51-77(68-37-24-23-36-67(68)76)59-45-56(72(4,5)6)44-57(46-59)73(7,8)9;/h11-48,51H,1-10H3;/q-3;. The van der Waals surface area contributed by atoms with Gasteiger partial charge in [0.15, 0.2) is 0 Å². The van der Waals surface area contributed by atoms with Crippen LogP contribution in [0, 0.1) is 18.8 Å². The van der Waals surface area contributed by atoms with E-state index in [-0.39, 0.29) is 37.3 Å². The molecule has 11 aromatic rings. The van der Waals surface area contributed by atoms with Gasteiger partial charge in [-0.3, -0.25) is 0 Å². The van der Waals surface area contributed by atoms with Crippen LogP contribution in [0.4, 0.5) is 22.7 Å². The fourth-order valence-electron chi connectivity index (χ4n) is 12.0. The molecule has 9 aromatic carbocycles. The van der Waals surface area contributed by atoms with Gasteiger partial charge in [-0.1, -0.05) is 219 Å². The van der Waals surface area contributed by atoms with E-state index in [9.17, 15) is 0 Å². The first-order valence-corrected chi connectivity index (χ1v) is 29.9. The van der Waals surface area contributed by atoms with E-state index in [4.69, 9.17) is 4.98 Å². The van der Waals surface area contributed by atoms with Gasteiger partial charge in [0.1, 0.15) is 13.9 Å². The average molecular weight is 1240 g/mol. The van der Waals surface area contributed by atoms with E-state index in [1.54, 1.807) is 0 Å². The Hall–Kier alpha value is -7.56. The predicted molar refractivity (Wildman–Crippen MR) is 336 cm³/mol. The molecular weight excluding hydrogens is 1170 g/mol. The summed E-state index contributed by atoms with van der Waals surface area (Å²) in [4.78, 5) is 9.91. The molecular formula is C74H69N4PtSi-3. The summed E-state index contributed by atoms with van der Waals surface area (Å²) in [6.45, 7) is 25.3. The number of hydrogen-bond acceptors (Lipinski definition) is 3. The molecule has 0 bridgehead atoms. The smallest absolute Gasteiger partial charge is 0.135 e. The number of aromatic nitrogens is 2. The summed E-state index contributed by atoms with van der Waals surface area (Å²) in [6.07, 6.45) is 1.97. The van der Waals surface area contributed by atoms with Gasteiger partial charge in [0.2, 0.25) is 0 Å². The Kier molecular flexibility index (Phi) is 14.2. The van der Waals surface area contributed by atoms with E-state index in [1.807, 2.05) is 6.20 Å². The van der Waals surface area contributed by atoms with Crippen LogP contribution in [0.2, 0.25) is 0 Å². The zero-order valence-electron chi connectivity index (χ0n) is 47.6. The van der Waals surface area contributed by atoms with E-state index in [0.29, 0.717) is 0 Å². The van der Waals surface area contributed by atoms with Crippen molar-refractivity contribution in [3.8, 4) is 5.82 Å². The molecule has 0 amide bonds. The van der Waals surface area contributed by atoms with Crippen LogP contribution in [-0.2, 0) is 42.7 Å². The van der Waals surface area contributed by atoms with Crippen LogP contribution in [0.25, 0.3) is 27.6 Å². The molecule has 6 heteroatoms. The summed E-state index contributed by atoms with van der Waals surface area (Å²) in [5, 5.41) is 7.08. The van der Waals surface area contributed by atoms with Crippen LogP contribution >= 0.6 is 0 Å². The summed E-state index contributed by atoms with van der Waals surface area (Å²) in [5.41, 5.74) is 13.4. The number of anilines is 4. The van der Waals surface area contributed by atoms with E-state index in [2.05, 4.69) is 327 Å². The van der Waals surface area contributed by atoms with Gasteiger partial charge in [-0.05, 0) is 115 Å². The van der Waals surface area contributed by atoms with Gasteiger partial charge in [-0.25, -0.2) is 4.98 Å². The number of para-hydroxylation sites is 2. The van der Waals surface area contributed by atoms with Crippen LogP contribution in [0.15, 0.2) is 231 Å². The van der Waals surface area contributed by atoms with Gasteiger partial charge in [0.25, 0.3) is 0 Å². The third kappa shape index (κ3) is 9.46. The SMILES string of the molecule is CC(C)(C)c1cc(N2[CH-]N(c3[c-]c([Si](c4[c-]c5c(cc4)c4cc(C(C)(c6ccccc6)c6ccccc6)ccc4n5-c4cc(C(C)(C)C)ccn4)(c4ccccc4)c4ccccc4)ccc3)c3ccccc32)cc(C(C)(C)C)c1.[Pt]. The van der Waals surface area contributed by atoms with Crippen molar-refractivity contribution in [1.82, 2.24) is 9.55 Å². The molecule has 0 N–H and O–H groups in total. The maximum atomic E-state index is 5.20. The molecule has 3 heterocycles. The maximum Gasteiger partial charge on any atom is 0.135 e. The quantitative estimate of drug-likeness (QED) is 0.0775. The molecule has 0 spiro atoms. The predicted octanol–water partition coefficient (Wildman–Crippen LogP) is 15.8. The number of fused-ring (bicyclic) bond motifs is 4. The van der Waals surface area contributed by atoms with Crippen molar-refractivity contribution < 1.29 is 21.1 Å². The fraction of sp³-hybridized carbons (Fsp3) is 0.189. The summed E-state index contributed by atoms with van der Waals surface area (Å²) < 4.78 is 2.37. The molecule has 0 saturated carbocycles. The topological polar surface area (TPSA) is 24.3 Å². The summed E-state index contributed by atoms with van der Waals surface area (Å²) in [7, 11) is -3.27. The minimum atomic E-state index is -3.27. The zero-order chi connectivity index (χ0) is 54.9. The van der Waals surface area contributed by atoms with E-state index in [1.165, 1.54) is 43.8 Å². The Morgan fingerprint density at radius 3 is 1.50 bits per heavy atom. The molecule has 12 rings (SSSR count). The van der Waals surface area contributed by atoms with Gasteiger partial charge in [0.05, 0.1) is 0 Å². The molecule has 1 aliphatic rings. The van der Waals surface area contributed by atoms with Gasteiger partial charge < -0.3 is 14.4 Å². The minimum absolute atomic E-state index is 0. The molecule has 1 aliphatic heterocycles. The van der Waals surface area contributed by atoms with Crippen LogP contribution in [0.5, 0.6) is 0 Å². The van der Waals surface area contributed by atoms with E-state index >= 15 is 0 Å². The first-order valence-electron chi connectivity index (χ1n) is 27.9. The summed E-state index contributed by atoms with van der Waals surface area (Å²) in [6, 6.07) is 91.7. The minimum Gasteiger partial charge on any atom is -0.493 e. The van der Waals surface area contributed by atoms with Gasteiger partial charge in [0, 0.05) is 55.3 Å². The van der Waals surface area contributed by atoms with Crippen LogP contribution in [0.1, 0.15) is 103 Å². The molecule has 0 radical (unpaired) electrons. The molecule has 0 unspecified atom stereocenters. The molecule has 2 aromatic heterocycles. The first-order chi connectivity index (χ1) is 37.9. The number of rotatable bonds is 10. The van der Waals surface area contributed by atoms with Crippen LogP contribution in [-0.4, -0.2) is 17.6 Å². The Bertz CT molecular complexity index is 3910. The number of hydrogen-bond donors (Lipinski definition) is 0. The second-order valence-corrected chi connectivity index (χ2v) is 28.5. The zero-order valence-corrected chi connectivity index (χ0v) is 50.9. The van der Waals surface area contributed by atoms with Crippen molar-refractivity contribution >= 4 is 73.4 Å². The summed E-state index contributed by atoms with van der Waals surface area (Å²) in [5.74, 6) is 0.873. The van der Waals surface area contributed by atoms with E-state index < -0.39 is 13.5 Å².